The number of aryl methyl sites for hydroxylation is 2. The number of nitrogens with zero attached hydrogens (tertiary/aromatic N) is 3. The standard InChI is InChI=1S/C26H25F2N3O4/c1-15-5-7-20(8-6-15)31-18(4)24(33)29(26(31)34)14-23(32)22-13-16(2)30(17(22)3)19-9-11-21(12-10-19)35-25(27)28/h5-13,18,25H,14H2,1-4H3. The van der Waals surface area contributed by atoms with Crippen LogP contribution in [0.5, 0.6) is 5.75 Å². The first-order valence-corrected chi connectivity index (χ1v) is 11.1. The van der Waals surface area contributed by atoms with Crippen molar-refractivity contribution in [1.82, 2.24) is 9.47 Å². The molecule has 0 bridgehead atoms. The van der Waals surface area contributed by atoms with Crippen molar-refractivity contribution in [1.29, 1.82) is 0 Å². The third-order valence-corrected chi connectivity index (χ3v) is 6.11. The second-order valence-electron chi connectivity index (χ2n) is 8.50. The SMILES string of the molecule is Cc1ccc(N2C(=O)N(CC(=O)c3cc(C)n(-c4ccc(OC(F)F)cc4)c3C)C(=O)C2C)cc1. The molecule has 182 valence electrons. The minimum absolute atomic E-state index is 0.0285. The number of alkyl halides is 2. The van der Waals surface area contributed by atoms with Crippen LogP contribution in [0.25, 0.3) is 5.69 Å². The predicted molar refractivity (Wildman–Crippen MR) is 126 cm³/mol. The number of Topliss-reactive ketones (excluding diaryl/α,β-unsaturated/α-hetero) is 1. The zero-order chi connectivity index (χ0) is 25.4. The number of halogens is 2. The molecule has 0 N–H and O–H groups in total. The fourth-order valence-corrected chi connectivity index (χ4v) is 4.36. The summed E-state index contributed by atoms with van der Waals surface area (Å²) in [5.74, 6) is -0.783. The number of ketones is 1. The number of amides is 3. The number of urea groups is 1. The van der Waals surface area contributed by atoms with Crippen molar-refractivity contribution < 1.29 is 27.9 Å². The average molecular weight is 481 g/mol. The van der Waals surface area contributed by atoms with Gasteiger partial charge in [-0.25, -0.2) is 4.79 Å². The van der Waals surface area contributed by atoms with Gasteiger partial charge in [0.15, 0.2) is 5.78 Å². The topological polar surface area (TPSA) is 71.8 Å². The van der Waals surface area contributed by atoms with E-state index in [1.165, 1.54) is 17.0 Å². The molecule has 2 heterocycles. The Bertz CT molecular complexity index is 1280. The molecule has 1 fully saturated rings. The van der Waals surface area contributed by atoms with Gasteiger partial charge in [0, 0.05) is 28.3 Å². The Morgan fingerprint density at radius 2 is 1.57 bits per heavy atom. The van der Waals surface area contributed by atoms with Crippen LogP contribution in [0.15, 0.2) is 54.6 Å². The maximum absolute atomic E-state index is 13.2. The molecule has 2 aromatic carbocycles. The minimum atomic E-state index is -2.92. The van der Waals surface area contributed by atoms with Gasteiger partial charge in [0.25, 0.3) is 5.91 Å². The van der Waals surface area contributed by atoms with Gasteiger partial charge in [-0.05, 0) is 70.2 Å². The van der Waals surface area contributed by atoms with Crippen LogP contribution in [0.3, 0.4) is 0 Å². The zero-order valence-corrected chi connectivity index (χ0v) is 19.8. The van der Waals surface area contributed by atoms with E-state index in [9.17, 15) is 23.2 Å². The summed E-state index contributed by atoms with van der Waals surface area (Å²) in [7, 11) is 0. The van der Waals surface area contributed by atoms with Crippen molar-refractivity contribution in [3.05, 3.63) is 77.1 Å². The number of ether oxygens (including phenoxy) is 1. The van der Waals surface area contributed by atoms with Crippen LogP contribution in [-0.2, 0) is 4.79 Å². The van der Waals surface area contributed by atoms with Crippen LogP contribution in [0.4, 0.5) is 19.3 Å². The summed E-state index contributed by atoms with van der Waals surface area (Å²) in [6, 6.07) is 13.7. The van der Waals surface area contributed by atoms with E-state index in [-0.39, 0.29) is 18.1 Å². The van der Waals surface area contributed by atoms with Crippen LogP contribution < -0.4 is 9.64 Å². The molecule has 7 nitrogen and oxygen atoms in total. The Morgan fingerprint density at radius 3 is 2.17 bits per heavy atom. The summed E-state index contributed by atoms with van der Waals surface area (Å²) in [4.78, 5) is 41.5. The first kappa shape index (κ1) is 24.1. The molecule has 0 saturated carbocycles. The van der Waals surface area contributed by atoms with E-state index < -0.39 is 24.6 Å². The molecule has 3 aromatic rings. The van der Waals surface area contributed by atoms with Gasteiger partial charge in [-0.15, -0.1) is 0 Å². The van der Waals surface area contributed by atoms with Crippen molar-refractivity contribution in [3.63, 3.8) is 0 Å². The van der Waals surface area contributed by atoms with E-state index in [1.54, 1.807) is 55.7 Å². The molecule has 1 aromatic heterocycles. The Kier molecular flexibility index (Phi) is 6.43. The van der Waals surface area contributed by atoms with Crippen LogP contribution in [-0.4, -0.2) is 46.4 Å². The Balaban J connectivity index is 1.56. The highest BCUT2D eigenvalue weighted by Crippen LogP contribution is 2.28. The summed E-state index contributed by atoms with van der Waals surface area (Å²) < 4.78 is 31.0. The number of aromatic nitrogens is 1. The monoisotopic (exact) mass is 481 g/mol. The molecule has 1 aliphatic heterocycles. The third-order valence-electron chi connectivity index (χ3n) is 6.11. The Hall–Kier alpha value is -4.01. The molecule has 3 amide bonds. The molecule has 4 rings (SSSR count). The van der Waals surface area contributed by atoms with Gasteiger partial charge in [0.2, 0.25) is 0 Å². The largest absolute Gasteiger partial charge is 0.435 e. The van der Waals surface area contributed by atoms with E-state index in [1.807, 2.05) is 19.1 Å². The fraction of sp³-hybridized carbons (Fsp3) is 0.269. The summed E-state index contributed by atoms with van der Waals surface area (Å²) in [5.41, 5.74) is 4.00. The van der Waals surface area contributed by atoms with Crippen molar-refractivity contribution in [2.75, 3.05) is 11.4 Å². The summed E-state index contributed by atoms with van der Waals surface area (Å²) >= 11 is 0. The fourth-order valence-electron chi connectivity index (χ4n) is 4.36. The highest BCUT2D eigenvalue weighted by atomic mass is 19.3. The van der Waals surface area contributed by atoms with E-state index in [0.29, 0.717) is 22.6 Å². The van der Waals surface area contributed by atoms with Gasteiger partial charge < -0.3 is 9.30 Å². The lowest BCUT2D eigenvalue weighted by Crippen LogP contribution is -2.37. The second-order valence-corrected chi connectivity index (χ2v) is 8.50. The molecule has 1 saturated heterocycles. The molecule has 1 unspecified atom stereocenters. The molecule has 1 atom stereocenters. The first-order chi connectivity index (χ1) is 16.6. The number of hydrogen-bond acceptors (Lipinski definition) is 4. The lowest BCUT2D eigenvalue weighted by atomic mass is 10.1. The number of hydrogen-bond donors (Lipinski definition) is 0. The molecule has 35 heavy (non-hydrogen) atoms. The van der Waals surface area contributed by atoms with Gasteiger partial charge in [-0.1, -0.05) is 17.7 Å². The highest BCUT2D eigenvalue weighted by molar-refractivity contribution is 6.16. The van der Waals surface area contributed by atoms with E-state index in [4.69, 9.17) is 0 Å². The summed E-state index contributed by atoms with van der Waals surface area (Å²) in [6.07, 6.45) is 0. The predicted octanol–water partition coefficient (Wildman–Crippen LogP) is 5.04. The van der Waals surface area contributed by atoms with Crippen molar-refractivity contribution in [3.8, 4) is 11.4 Å². The lowest BCUT2D eigenvalue weighted by Gasteiger charge is -2.19. The van der Waals surface area contributed by atoms with Gasteiger partial charge in [-0.3, -0.25) is 19.4 Å². The first-order valence-electron chi connectivity index (χ1n) is 11.1. The molecule has 0 spiro atoms. The molecule has 0 aliphatic carbocycles. The Labute approximate surface area is 201 Å². The Morgan fingerprint density at radius 1 is 0.971 bits per heavy atom. The van der Waals surface area contributed by atoms with Gasteiger partial charge >= 0.3 is 12.6 Å². The number of benzene rings is 2. The van der Waals surface area contributed by atoms with Gasteiger partial charge in [0.1, 0.15) is 11.8 Å². The highest BCUT2D eigenvalue weighted by Gasteiger charge is 2.44. The number of anilines is 1. The maximum atomic E-state index is 13.2. The normalized spacial score (nSPS) is 15.9. The van der Waals surface area contributed by atoms with E-state index in [0.717, 1.165) is 16.2 Å². The molecule has 0 radical (unpaired) electrons. The molecule has 1 aliphatic rings. The zero-order valence-electron chi connectivity index (χ0n) is 19.8. The maximum Gasteiger partial charge on any atom is 0.387 e. The van der Waals surface area contributed by atoms with Crippen LogP contribution in [0.2, 0.25) is 0 Å². The van der Waals surface area contributed by atoms with E-state index in [2.05, 4.69) is 4.74 Å². The minimum Gasteiger partial charge on any atom is -0.435 e. The van der Waals surface area contributed by atoms with Crippen molar-refractivity contribution in [2.24, 2.45) is 0 Å². The molecular weight excluding hydrogens is 456 g/mol. The number of carbonyl (C=O) groups excluding carboxylic acids is 3. The quantitative estimate of drug-likeness (QED) is 0.350. The number of imide groups is 1. The lowest BCUT2D eigenvalue weighted by molar-refractivity contribution is -0.126. The van der Waals surface area contributed by atoms with Gasteiger partial charge in [0.05, 0.1) is 6.54 Å². The van der Waals surface area contributed by atoms with Crippen LogP contribution >= 0.6 is 0 Å². The average Bonchev–Trinajstić information content (AvgIpc) is 3.22. The molecular formula is C26H25F2N3O4. The molecule has 9 heteroatoms. The number of carbonyl (C=O) groups is 3. The third kappa shape index (κ3) is 4.53. The number of rotatable bonds is 7. The van der Waals surface area contributed by atoms with Crippen LogP contribution in [0, 0.1) is 20.8 Å². The van der Waals surface area contributed by atoms with Crippen molar-refractivity contribution >= 4 is 23.4 Å². The van der Waals surface area contributed by atoms with Crippen molar-refractivity contribution in [2.45, 2.75) is 40.3 Å². The van der Waals surface area contributed by atoms with E-state index >= 15 is 0 Å². The van der Waals surface area contributed by atoms with Crippen LogP contribution in [0.1, 0.15) is 34.2 Å². The van der Waals surface area contributed by atoms with Gasteiger partial charge in [-0.2, -0.15) is 8.78 Å². The smallest absolute Gasteiger partial charge is 0.387 e. The summed E-state index contributed by atoms with van der Waals surface area (Å²) in [6.45, 7) is 3.82. The summed E-state index contributed by atoms with van der Waals surface area (Å²) in [5, 5.41) is 0. The second kappa shape index (κ2) is 9.32.